The van der Waals surface area contributed by atoms with Crippen molar-refractivity contribution in [2.45, 2.75) is 33.7 Å². The van der Waals surface area contributed by atoms with Crippen LogP contribution < -0.4 is 0 Å². The van der Waals surface area contributed by atoms with Gasteiger partial charge in [0.05, 0.1) is 17.7 Å². The summed E-state index contributed by atoms with van der Waals surface area (Å²) in [5, 5.41) is 4.55. The Morgan fingerprint density at radius 1 is 1.31 bits per heavy atom. The molecular formula is C12H18N4. The maximum atomic E-state index is 4.55. The first-order valence-corrected chi connectivity index (χ1v) is 5.65. The number of nitrogens with zero attached hydrogens (tertiary/aromatic N) is 4. The first-order valence-electron chi connectivity index (χ1n) is 5.65. The van der Waals surface area contributed by atoms with Gasteiger partial charge in [-0.05, 0) is 25.8 Å². The summed E-state index contributed by atoms with van der Waals surface area (Å²) in [6.07, 6.45) is 4.95. The SMILES string of the molecule is CCCn1nc(C)c(C)c1-c1cn(C)cn1. The molecule has 2 aromatic heterocycles. The molecule has 0 amide bonds. The third-order valence-electron chi connectivity index (χ3n) is 2.81. The molecule has 4 nitrogen and oxygen atoms in total. The highest BCUT2D eigenvalue weighted by atomic mass is 15.3. The highest BCUT2D eigenvalue weighted by Crippen LogP contribution is 2.24. The van der Waals surface area contributed by atoms with E-state index < -0.39 is 0 Å². The fourth-order valence-corrected chi connectivity index (χ4v) is 1.90. The Morgan fingerprint density at radius 3 is 2.62 bits per heavy atom. The zero-order valence-electron chi connectivity index (χ0n) is 10.4. The third kappa shape index (κ3) is 1.75. The standard InChI is InChI=1S/C12H18N4/c1-5-6-16-12(9(2)10(3)14-16)11-7-15(4)8-13-11/h7-8H,5-6H2,1-4H3. The number of hydrogen-bond donors (Lipinski definition) is 0. The van der Waals surface area contributed by atoms with E-state index >= 15 is 0 Å². The van der Waals surface area contributed by atoms with Crippen molar-refractivity contribution in [1.82, 2.24) is 19.3 Å². The minimum atomic E-state index is 0.945. The first kappa shape index (κ1) is 10.9. The lowest BCUT2D eigenvalue weighted by Gasteiger charge is -2.04. The summed E-state index contributed by atoms with van der Waals surface area (Å²) < 4.78 is 4.03. The Balaban J connectivity index is 2.53. The van der Waals surface area contributed by atoms with E-state index in [4.69, 9.17) is 0 Å². The fourth-order valence-electron chi connectivity index (χ4n) is 1.90. The molecule has 0 aliphatic heterocycles. The molecule has 86 valence electrons. The van der Waals surface area contributed by atoms with E-state index in [1.165, 1.54) is 5.56 Å². The van der Waals surface area contributed by atoms with Gasteiger partial charge in [-0.1, -0.05) is 6.92 Å². The Kier molecular flexibility index (Phi) is 2.81. The summed E-state index contributed by atoms with van der Waals surface area (Å²) in [4.78, 5) is 4.41. The van der Waals surface area contributed by atoms with Crippen molar-refractivity contribution in [3.63, 3.8) is 0 Å². The Labute approximate surface area is 95.9 Å². The summed E-state index contributed by atoms with van der Waals surface area (Å²) >= 11 is 0. The van der Waals surface area contributed by atoms with Gasteiger partial charge in [-0.2, -0.15) is 5.10 Å². The monoisotopic (exact) mass is 218 g/mol. The molecule has 0 atom stereocenters. The quantitative estimate of drug-likeness (QED) is 0.792. The van der Waals surface area contributed by atoms with Crippen LogP contribution >= 0.6 is 0 Å². The number of hydrogen-bond acceptors (Lipinski definition) is 2. The van der Waals surface area contributed by atoms with Gasteiger partial charge in [0.2, 0.25) is 0 Å². The molecule has 0 aliphatic carbocycles. The highest BCUT2D eigenvalue weighted by molar-refractivity contribution is 5.59. The third-order valence-corrected chi connectivity index (χ3v) is 2.81. The number of aryl methyl sites for hydroxylation is 3. The second-order valence-electron chi connectivity index (χ2n) is 4.21. The van der Waals surface area contributed by atoms with Gasteiger partial charge in [0.15, 0.2) is 0 Å². The van der Waals surface area contributed by atoms with Crippen molar-refractivity contribution in [2.75, 3.05) is 0 Å². The number of aromatic nitrogens is 4. The molecule has 0 aliphatic rings. The van der Waals surface area contributed by atoms with Crippen molar-refractivity contribution < 1.29 is 0 Å². The van der Waals surface area contributed by atoms with Crippen LogP contribution in [-0.4, -0.2) is 19.3 Å². The van der Waals surface area contributed by atoms with Crippen LogP contribution in [0.2, 0.25) is 0 Å². The van der Waals surface area contributed by atoms with E-state index in [1.807, 2.05) is 31.1 Å². The maximum Gasteiger partial charge on any atom is 0.107 e. The normalized spacial score (nSPS) is 11.0. The van der Waals surface area contributed by atoms with E-state index in [9.17, 15) is 0 Å². The van der Waals surface area contributed by atoms with Crippen LogP contribution in [0.5, 0.6) is 0 Å². The molecule has 0 saturated carbocycles. The summed E-state index contributed by atoms with van der Waals surface area (Å²) in [7, 11) is 1.99. The second kappa shape index (κ2) is 4.12. The van der Waals surface area contributed by atoms with Crippen LogP contribution in [0.15, 0.2) is 12.5 Å². The molecule has 0 aromatic carbocycles. The molecule has 2 aromatic rings. The predicted octanol–water partition coefficient (Wildman–Crippen LogP) is 2.31. The van der Waals surface area contributed by atoms with Crippen molar-refractivity contribution in [1.29, 1.82) is 0 Å². The van der Waals surface area contributed by atoms with E-state index in [0.29, 0.717) is 0 Å². The lowest BCUT2D eigenvalue weighted by atomic mass is 10.2. The van der Waals surface area contributed by atoms with Crippen molar-refractivity contribution >= 4 is 0 Å². The Morgan fingerprint density at radius 2 is 2.06 bits per heavy atom. The van der Waals surface area contributed by atoms with Crippen molar-refractivity contribution in [3.05, 3.63) is 23.8 Å². The molecule has 2 rings (SSSR count). The molecule has 16 heavy (non-hydrogen) atoms. The topological polar surface area (TPSA) is 35.6 Å². The fraction of sp³-hybridized carbons (Fsp3) is 0.500. The minimum absolute atomic E-state index is 0.945. The zero-order chi connectivity index (χ0) is 11.7. The molecule has 0 bridgehead atoms. The summed E-state index contributed by atoms with van der Waals surface area (Å²) in [6, 6.07) is 0. The van der Waals surface area contributed by atoms with Gasteiger partial charge >= 0.3 is 0 Å². The molecule has 0 N–H and O–H groups in total. The highest BCUT2D eigenvalue weighted by Gasteiger charge is 2.14. The average Bonchev–Trinajstić information content (AvgIpc) is 2.74. The summed E-state index contributed by atoms with van der Waals surface area (Å²) in [5.41, 5.74) is 4.48. The predicted molar refractivity (Wildman–Crippen MR) is 64.2 cm³/mol. The number of rotatable bonds is 3. The van der Waals surface area contributed by atoms with Gasteiger partial charge in [-0.3, -0.25) is 4.68 Å². The van der Waals surface area contributed by atoms with Gasteiger partial charge in [-0.15, -0.1) is 0 Å². The van der Waals surface area contributed by atoms with Crippen LogP contribution in [0.25, 0.3) is 11.4 Å². The van der Waals surface area contributed by atoms with E-state index in [2.05, 4.69) is 28.6 Å². The van der Waals surface area contributed by atoms with Crippen LogP contribution in [0.4, 0.5) is 0 Å². The molecular weight excluding hydrogens is 200 g/mol. The van der Waals surface area contributed by atoms with E-state index in [0.717, 1.165) is 30.0 Å². The smallest absolute Gasteiger partial charge is 0.107 e. The van der Waals surface area contributed by atoms with E-state index in [1.54, 1.807) is 0 Å². The minimum Gasteiger partial charge on any atom is -0.340 e. The molecule has 0 fully saturated rings. The largest absolute Gasteiger partial charge is 0.340 e. The molecule has 0 saturated heterocycles. The van der Waals surface area contributed by atoms with Gasteiger partial charge in [0.25, 0.3) is 0 Å². The van der Waals surface area contributed by atoms with Crippen LogP contribution in [-0.2, 0) is 13.6 Å². The average molecular weight is 218 g/mol. The van der Waals surface area contributed by atoms with E-state index in [-0.39, 0.29) is 0 Å². The van der Waals surface area contributed by atoms with Crippen LogP contribution in [0, 0.1) is 13.8 Å². The molecule has 2 heterocycles. The molecule has 4 heteroatoms. The van der Waals surface area contributed by atoms with Crippen LogP contribution in [0.1, 0.15) is 24.6 Å². The Hall–Kier alpha value is -1.58. The van der Waals surface area contributed by atoms with Crippen LogP contribution in [0.3, 0.4) is 0 Å². The lowest BCUT2D eigenvalue weighted by Crippen LogP contribution is -2.02. The lowest BCUT2D eigenvalue weighted by molar-refractivity contribution is 0.603. The molecule has 0 spiro atoms. The van der Waals surface area contributed by atoms with Gasteiger partial charge in [-0.25, -0.2) is 4.98 Å². The number of imidazole rings is 1. The molecule has 0 radical (unpaired) electrons. The summed E-state index contributed by atoms with van der Waals surface area (Å²) in [6.45, 7) is 7.27. The van der Waals surface area contributed by atoms with Gasteiger partial charge < -0.3 is 4.57 Å². The Bertz CT molecular complexity index is 493. The van der Waals surface area contributed by atoms with Gasteiger partial charge in [0, 0.05) is 19.8 Å². The second-order valence-corrected chi connectivity index (χ2v) is 4.21. The maximum absolute atomic E-state index is 4.55. The first-order chi connectivity index (χ1) is 7.63. The zero-order valence-corrected chi connectivity index (χ0v) is 10.4. The van der Waals surface area contributed by atoms with Crippen molar-refractivity contribution in [3.8, 4) is 11.4 Å². The van der Waals surface area contributed by atoms with Crippen molar-refractivity contribution in [2.24, 2.45) is 7.05 Å². The van der Waals surface area contributed by atoms with Gasteiger partial charge in [0.1, 0.15) is 5.69 Å². The summed E-state index contributed by atoms with van der Waals surface area (Å²) in [5.74, 6) is 0. The molecule has 0 unspecified atom stereocenters.